The maximum Gasteiger partial charge on any atom is 0.325 e. The average Bonchev–Trinajstić information content (AvgIpc) is 2.93. The Balaban J connectivity index is 1.45. The zero-order chi connectivity index (χ0) is 19.7. The fraction of sp³-hybridized carbons (Fsp3) is 0.286. The Bertz CT molecular complexity index is 924. The Labute approximate surface area is 168 Å². The predicted molar refractivity (Wildman–Crippen MR) is 105 cm³/mol. The number of carbonyl (C=O) groups is 3. The van der Waals surface area contributed by atoms with Crippen molar-refractivity contribution in [1.82, 2.24) is 15.1 Å². The van der Waals surface area contributed by atoms with Gasteiger partial charge in [-0.1, -0.05) is 54.1 Å². The van der Waals surface area contributed by atoms with Crippen LogP contribution < -0.4 is 5.32 Å². The second kappa shape index (κ2) is 7.28. The summed E-state index contributed by atoms with van der Waals surface area (Å²) in [5.41, 5.74) is 0.422. The molecule has 2 aromatic carbocycles. The van der Waals surface area contributed by atoms with Crippen LogP contribution in [0, 0.1) is 0 Å². The molecule has 6 nitrogen and oxygen atoms in total. The van der Waals surface area contributed by atoms with Gasteiger partial charge >= 0.3 is 6.03 Å². The molecule has 4 amide bonds. The largest absolute Gasteiger partial charge is 0.338 e. The summed E-state index contributed by atoms with van der Waals surface area (Å²) in [4.78, 5) is 41.1. The Morgan fingerprint density at radius 3 is 2.32 bits per heavy atom. The van der Waals surface area contributed by atoms with E-state index in [4.69, 9.17) is 11.6 Å². The van der Waals surface area contributed by atoms with Crippen LogP contribution in [0.25, 0.3) is 0 Å². The van der Waals surface area contributed by atoms with Crippen molar-refractivity contribution < 1.29 is 14.4 Å². The molecule has 7 heteroatoms. The van der Waals surface area contributed by atoms with Crippen molar-refractivity contribution in [3.8, 4) is 0 Å². The summed E-state index contributed by atoms with van der Waals surface area (Å²) < 4.78 is 0. The quantitative estimate of drug-likeness (QED) is 0.809. The lowest BCUT2D eigenvalue weighted by Crippen LogP contribution is -2.55. The van der Waals surface area contributed by atoms with Gasteiger partial charge in [-0.25, -0.2) is 4.79 Å². The lowest BCUT2D eigenvalue weighted by atomic mass is 9.87. The Morgan fingerprint density at radius 1 is 1.00 bits per heavy atom. The Hall–Kier alpha value is -2.86. The second-order valence-corrected chi connectivity index (χ2v) is 7.57. The number of hydrogen-bond donors (Lipinski definition) is 1. The minimum Gasteiger partial charge on any atom is -0.338 e. The van der Waals surface area contributed by atoms with Crippen LogP contribution in [0.3, 0.4) is 0 Å². The summed E-state index contributed by atoms with van der Waals surface area (Å²) in [5.74, 6) is -0.371. The minimum absolute atomic E-state index is 0.154. The molecule has 144 valence electrons. The number of amides is 4. The molecule has 4 rings (SSSR count). The minimum atomic E-state index is -0.927. The number of halogens is 1. The number of rotatable bonds is 3. The van der Waals surface area contributed by atoms with Gasteiger partial charge in [0.2, 0.25) is 0 Å². The Kier molecular flexibility index (Phi) is 4.81. The van der Waals surface area contributed by atoms with Crippen molar-refractivity contribution in [2.24, 2.45) is 0 Å². The van der Waals surface area contributed by atoms with E-state index in [2.05, 4.69) is 5.32 Å². The van der Waals surface area contributed by atoms with E-state index in [0.717, 1.165) is 5.56 Å². The third kappa shape index (κ3) is 3.24. The highest BCUT2D eigenvalue weighted by Gasteiger charge is 2.52. The fourth-order valence-electron chi connectivity index (χ4n) is 3.82. The van der Waals surface area contributed by atoms with Crippen molar-refractivity contribution in [1.29, 1.82) is 0 Å². The molecule has 0 saturated carbocycles. The van der Waals surface area contributed by atoms with Gasteiger partial charge in [0.05, 0.1) is 17.1 Å². The van der Waals surface area contributed by atoms with E-state index >= 15 is 0 Å². The van der Waals surface area contributed by atoms with Crippen LogP contribution in [0.1, 0.15) is 28.8 Å². The smallest absolute Gasteiger partial charge is 0.325 e. The number of piperidine rings is 1. The second-order valence-electron chi connectivity index (χ2n) is 7.16. The molecule has 2 saturated heterocycles. The number of hydrogen-bond acceptors (Lipinski definition) is 3. The molecule has 2 heterocycles. The van der Waals surface area contributed by atoms with Crippen LogP contribution >= 0.6 is 11.6 Å². The number of likely N-dealkylation sites (tertiary alicyclic amines) is 1. The normalized spacial score (nSPS) is 18.5. The molecule has 0 aliphatic carbocycles. The molecule has 1 spiro atoms. The highest BCUT2D eigenvalue weighted by molar-refractivity contribution is 6.33. The van der Waals surface area contributed by atoms with Crippen LogP contribution in [0.4, 0.5) is 4.79 Å². The lowest BCUT2D eigenvalue weighted by Gasteiger charge is -2.37. The molecule has 2 fully saturated rings. The Morgan fingerprint density at radius 2 is 1.64 bits per heavy atom. The first-order chi connectivity index (χ1) is 13.5. The number of nitrogens with one attached hydrogen (secondary N) is 1. The van der Waals surface area contributed by atoms with Crippen molar-refractivity contribution >= 4 is 29.4 Å². The van der Waals surface area contributed by atoms with Crippen LogP contribution in [0.15, 0.2) is 54.6 Å². The monoisotopic (exact) mass is 397 g/mol. The molecule has 1 N–H and O–H groups in total. The standard InChI is InChI=1S/C21H20ClN3O3/c22-17-9-5-4-8-16(17)18(26)24-12-10-21(11-13-24)19(27)25(20(28)23-21)14-15-6-2-1-3-7-15/h1-9H,10-14H2,(H,23,28). The number of imide groups is 1. The molecular formula is C21H20ClN3O3. The van der Waals surface area contributed by atoms with E-state index in [1.165, 1.54) is 4.90 Å². The topological polar surface area (TPSA) is 69.7 Å². The predicted octanol–water partition coefficient (Wildman–Crippen LogP) is 3.07. The fourth-order valence-corrected chi connectivity index (χ4v) is 4.04. The molecule has 0 radical (unpaired) electrons. The first kappa shape index (κ1) is 18.5. The van der Waals surface area contributed by atoms with Crippen LogP contribution in [-0.4, -0.2) is 46.3 Å². The highest BCUT2D eigenvalue weighted by Crippen LogP contribution is 2.31. The number of urea groups is 1. The third-order valence-electron chi connectivity index (χ3n) is 5.44. The van der Waals surface area contributed by atoms with Crippen molar-refractivity contribution in [2.45, 2.75) is 24.9 Å². The number of nitrogens with zero attached hydrogens (tertiary/aromatic N) is 2. The molecule has 2 aliphatic rings. The van der Waals surface area contributed by atoms with Crippen LogP contribution in [-0.2, 0) is 11.3 Å². The van der Waals surface area contributed by atoms with Gasteiger partial charge in [-0.3, -0.25) is 14.5 Å². The van der Waals surface area contributed by atoms with E-state index < -0.39 is 5.54 Å². The first-order valence-corrected chi connectivity index (χ1v) is 9.60. The number of benzene rings is 2. The molecular weight excluding hydrogens is 378 g/mol. The third-order valence-corrected chi connectivity index (χ3v) is 5.77. The summed E-state index contributed by atoms with van der Waals surface area (Å²) in [5, 5.41) is 3.28. The molecule has 0 atom stereocenters. The number of carbonyl (C=O) groups excluding carboxylic acids is 3. The van der Waals surface area contributed by atoms with Crippen LogP contribution in [0.2, 0.25) is 5.02 Å². The summed E-state index contributed by atoms with van der Waals surface area (Å²) in [6.07, 6.45) is 0.776. The summed E-state index contributed by atoms with van der Waals surface area (Å²) in [7, 11) is 0. The summed E-state index contributed by atoms with van der Waals surface area (Å²) in [6.45, 7) is 1.01. The molecule has 0 aromatic heterocycles. The highest BCUT2D eigenvalue weighted by atomic mass is 35.5. The van der Waals surface area contributed by atoms with Crippen LogP contribution in [0.5, 0.6) is 0 Å². The van der Waals surface area contributed by atoms with Crippen molar-refractivity contribution in [3.63, 3.8) is 0 Å². The van der Waals surface area contributed by atoms with E-state index in [0.29, 0.717) is 36.5 Å². The zero-order valence-corrected chi connectivity index (χ0v) is 16.0. The van der Waals surface area contributed by atoms with Gasteiger partial charge in [0.15, 0.2) is 0 Å². The molecule has 0 unspecified atom stereocenters. The SMILES string of the molecule is O=C(c1ccccc1Cl)N1CCC2(CC1)NC(=O)N(Cc1ccccc1)C2=O. The molecule has 28 heavy (non-hydrogen) atoms. The summed E-state index contributed by atoms with van der Waals surface area (Å²) >= 11 is 6.13. The maximum absolute atomic E-state index is 13.0. The van der Waals surface area contributed by atoms with E-state index in [-0.39, 0.29) is 24.4 Å². The first-order valence-electron chi connectivity index (χ1n) is 9.22. The van der Waals surface area contributed by atoms with Gasteiger partial charge < -0.3 is 10.2 Å². The zero-order valence-electron chi connectivity index (χ0n) is 15.2. The van der Waals surface area contributed by atoms with Gasteiger partial charge in [-0.2, -0.15) is 0 Å². The molecule has 2 aromatic rings. The average molecular weight is 398 g/mol. The van der Waals surface area contributed by atoms with Gasteiger partial charge in [0, 0.05) is 13.1 Å². The van der Waals surface area contributed by atoms with Gasteiger partial charge in [0.25, 0.3) is 11.8 Å². The van der Waals surface area contributed by atoms with E-state index in [1.54, 1.807) is 29.2 Å². The molecule has 2 aliphatic heterocycles. The van der Waals surface area contributed by atoms with Crippen molar-refractivity contribution in [2.75, 3.05) is 13.1 Å². The maximum atomic E-state index is 13.0. The van der Waals surface area contributed by atoms with E-state index in [9.17, 15) is 14.4 Å². The molecule has 0 bridgehead atoms. The van der Waals surface area contributed by atoms with Gasteiger partial charge in [0.1, 0.15) is 5.54 Å². The van der Waals surface area contributed by atoms with Gasteiger partial charge in [-0.05, 0) is 30.5 Å². The van der Waals surface area contributed by atoms with Crippen molar-refractivity contribution in [3.05, 3.63) is 70.7 Å². The van der Waals surface area contributed by atoms with E-state index in [1.807, 2.05) is 30.3 Å². The van der Waals surface area contributed by atoms with Gasteiger partial charge in [-0.15, -0.1) is 0 Å². The summed E-state index contributed by atoms with van der Waals surface area (Å²) in [6, 6.07) is 16.0. The lowest BCUT2D eigenvalue weighted by molar-refractivity contribution is -0.133.